The standard InChI is InChI=1S/C17H16BrClO2/c1-17(2,3)14-10-12(18)7-8-15(14)21-16(20)11-5-4-6-13(19)9-11/h4-10H,1-3H3. The first-order valence-electron chi connectivity index (χ1n) is 6.55. The molecule has 0 saturated carbocycles. The molecule has 2 nitrogen and oxygen atoms in total. The van der Waals surface area contributed by atoms with Crippen molar-refractivity contribution in [1.29, 1.82) is 0 Å². The monoisotopic (exact) mass is 366 g/mol. The Bertz CT molecular complexity index is 675. The normalized spacial score (nSPS) is 11.3. The van der Waals surface area contributed by atoms with Crippen molar-refractivity contribution in [2.45, 2.75) is 26.2 Å². The molecule has 0 fully saturated rings. The van der Waals surface area contributed by atoms with E-state index < -0.39 is 5.97 Å². The molecule has 0 spiro atoms. The van der Waals surface area contributed by atoms with Gasteiger partial charge in [-0.15, -0.1) is 0 Å². The summed E-state index contributed by atoms with van der Waals surface area (Å²) in [6.07, 6.45) is 0. The van der Waals surface area contributed by atoms with Gasteiger partial charge in [-0.25, -0.2) is 4.79 Å². The van der Waals surface area contributed by atoms with Crippen LogP contribution in [0.15, 0.2) is 46.9 Å². The Morgan fingerprint density at radius 2 is 1.86 bits per heavy atom. The van der Waals surface area contributed by atoms with E-state index in [-0.39, 0.29) is 5.41 Å². The average Bonchev–Trinajstić information content (AvgIpc) is 2.39. The molecule has 0 aliphatic heterocycles. The molecule has 0 bridgehead atoms. The highest BCUT2D eigenvalue weighted by atomic mass is 79.9. The summed E-state index contributed by atoms with van der Waals surface area (Å²) in [5, 5.41) is 0.510. The predicted octanol–water partition coefficient (Wildman–Crippen LogP) is 5.62. The van der Waals surface area contributed by atoms with Gasteiger partial charge in [-0.2, -0.15) is 0 Å². The Balaban J connectivity index is 2.34. The molecule has 0 heterocycles. The zero-order valence-corrected chi connectivity index (χ0v) is 14.5. The van der Waals surface area contributed by atoms with Crippen LogP contribution in [0.5, 0.6) is 5.75 Å². The van der Waals surface area contributed by atoms with Gasteiger partial charge >= 0.3 is 5.97 Å². The maximum absolute atomic E-state index is 12.2. The van der Waals surface area contributed by atoms with E-state index in [0.717, 1.165) is 10.0 Å². The first-order chi connectivity index (χ1) is 9.77. The van der Waals surface area contributed by atoms with Gasteiger partial charge in [0.15, 0.2) is 0 Å². The van der Waals surface area contributed by atoms with Gasteiger partial charge in [0.1, 0.15) is 5.75 Å². The van der Waals surface area contributed by atoms with E-state index in [0.29, 0.717) is 16.3 Å². The molecular formula is C17H16BrClO2. The molecule has 0 aromatic heterocycles. The van der Waals surface area contributed by atoms with Crippen molar-refractivity contribution in [2.24, 2.45) is 0 Å². The van der Waals surface area contributed by atoms with Gasteiger partial charge in [-0.1, -0.05) is 54.4 Å². The number of benzene rings is 2. The van der Waals surface area contributed by atoms with Crippen LogP contribution in [0, 0.1) is 0 Å². The molecule has 0 radical (unpaired) electrons. The molecule has 4 heteroatoms. The van der Waals surface area contributed by atoms with Crippen LogP contribution in [-0.4, -0.2) is 5.97 Å². The van der Waals surface area contributed by atoms with E-state index >= 15 is 0 Å². The van der Waals surface area contributed by atoms with Crippen LogP contribution in [0.4, 0.5) is 0 Å². The summed E-state index contributed by atoms with van der Waals surface area (Å²) in [4.78, 5) is 12.2. The van der Waals surface area contributed by atoms with Crippen LogP contribution >= 0.6 is 27.5 Å². The summed E-state index contributed by atoms with van der Waals surface area (Å²) in [5.74, 6) is 0.154. The van der Waals surface area contributed by atoms with E-state index in [4.69, 9.17) is 16.3 Å². The van der Waals surface area contributed by atoms with Gasteiger partial charge in [-0.3, -0.25) is 0 Å². The second-order valence-corrected chi connectivity index (χ2v) is 7.14. The molecule has 0 unspecified atom stereocenters. The second kappa shape index (κ2) is 6.20. The van der Waals surface area contributed by atoms with Crippen LogP contribution < -0.4 is 4.74 Å². The number of hydrogen-bond donors (Lipinski definition) is 0. The Hall–Kier alpha value is -1.32. The number of esters is 1. The van der Waals surface area contributed by atoms with E-state index in [2.05, 4.69) is 36.7 Å². The molecule has 110 valence electrons. The molecular weight excluding hydrogens is 352 g/mol. The van der Waals surface area contributed by atoms with E-state index in [1.807, 2.05) is 12.1 Å². The minimum atomic E-state index is -0.412. The third kappa shape index (κ3) is 4.08. The second-order valence-electron chi connectivity index (χ2n) is 5.79. The van der Waals surface area contributed by atoms with Gasteiger partial charge in [0.25, 0.3) is 0 Å². The smallest absolute Gasteiger partial charge is 0.343 e. The minimum Gasteiger partial charge on any atom is -0.423 e. The molecule has 21 heavy (non-hydrogen) atoms. The Morgan fingerprint density at radius 1 is 1.14 bits per heavy atom. The summed E-state index contributed by atoms with van der Waals surface area (Å²) in [7, 11) is 0. The van der Waals surface area contributed by atoms with Crippen LogP contribution in [0.2, 0.25) is 5.02 Å². The lowest BCUT2D eigenvalue weighted by Gasteiger charge is -2.22. The summed E-state index contributed by atoms with van der Waals surface area (Å²) in [5.41, 5.74) is 1.27. The quantitative estimate of drug-likeness (QED) is 0.508. The van der Waals surface area contributed by atoms with Crippen LogP contribution in [0.1, 0.15) is 36.7 Å². The summed E-state index contributed by atoms with van der Waals surface area (Å²) >= 11 is 9.35. The maximum atomic E-state index is 12.2. The minimum absolute atomic E-state index is 0.131. The van der Waals surface area contributed by atoms with Gasteiger partial charge < -0.3 is 4.74 Å². The molecule has 0 aliphatic rings. The Kier molecular flexibility index (Phi) is 4.74. The Morgan fingerprint density at radius 3 is 2.48 bits per heavy atom. The SMILES string of the molecule is CC(C)(C)c1cc(Br)ccc1OC(=O)c1cccc(Cl)c1. The zero-order chi connectivity index (χ0) is 15.6. The molecule has 0 atom stereocenters. The lowest BCUT2D eigenvalue weighted by molar-refractivity contribution is 0.0732. The van der Waals surface area contributed by atoms with Gasteiger partial charge in [0.05, 0.1) is 5.56 Å². The summed E-state index contributed by atoms with van der Waals surface area (Å²) in [6.45, 7) is 6.22. The molecule has 2 aromatic rings. The molecule has 2 rings (SSSR count). The Labute approximate surface area is 138 Å². The van der Waals surface area contributed by atoms with Crippen LogP contribution in [0.25, 0.3) is 0 Å². The molecule has 0 aliphatic carbocycles. The topological polar surface area (TPSA) is 26.3 Å². The van der Waals surface area contributed by atoms with Crippen molar-refractivity contribution in [3.63, 3.8) is 0 Å². The number of hydrogen-bond acceptors (Lipinski definition) is 2. The molecule has 0 saturated heterocycles. The average molecular weight is 368 g/mol. The van der Waals surface area contributed by atoms with Crippen LogP contribution in [-0.2, 0) is 5.41 Å². The van der Waals surface area contributed by atoms with Crippen LogP contribution in [0.3, 0.4) is 0 Å². The maximum Gasteiger partial charge on any atom is 0.343 e. The van der Waals surface area contributed by atoms with Gasteiger partial charge in [-0.05, 0) is 41.8 Å². The van der Waals surface area contributed by atoms with E-state index in [9.17, 15) is 4.79 Å². The third-order valence-corrected chi connectivity index (χ3v) is 3.74. The first kappa shape index (κ1) is 16.1. The summed E-state index contributed by atoms with van der Waals surface area (Å²) in [6, 6.07) is 12.4. The molecule has 2 aromatic carbocycles. The van der Waals surface area contributed by atoms with Crippen molar-refractivity contribution in [3.05, 3.63) is 63.1 Å². The number of carbonyl (C=O) groups excluding carboxylic acids is 1. The zero-order valence-electron chi connectivity index (χ0n) is 12.1. The number of halogens is 2. The first-order valence-corrected chi connectivity index (χ1v) is 7.72. The number of rotatable bonds is 2. The highest BCUT2D eigenvalue weighted by molar-refractivity contribution is 9.10. The van der Waals surface area contributed by atoms with Gasteiger partial charge in [0, 0.05) is 15.1 Å². The molecule has 0 N–H and O–H groups in total. The fourth-order valence-corrected chi connectivity index (χ4v) is 2.50. The highest BCUT2D eigenvalue weighted by Gasteiger charge is 2.21. The number of ether oxygens (including phenoxy) is 1. The van der Waals surface area contributed by atoms with Crippen molar-refractivity contribution >= 4 is 33.5 Å². The largest absolute Gasteiger partial charge is 0.423 e. The van der Waals surface area contributed by atoms with Crippen molar-refractivity contribution in [2.75, 3.05) is 0 Å². The molecule has 0 amide bonds. The van der Waals surface area contributed by atoms with Crippen molar-refractivity contribution in [3.8, 4) is 5.75 Å². The highest BCUT2D eigenvalue weighted by Crippen LogP contribution is 2.34. The fraction of sp³-hybridized carbons (Fsp3) is 0.235. The van der Waals surface area contributed by atoms with Crippen molar-refractivity contribution < 1.29 is 9.53 Å². The lowest BCUT2D eigenvalue weighted by Crippen LogP contribution is -2.16. The van der Waals surface area contributed by atoms with Crippen molar-refractivity contribution in [1.82, 2.24) is 0 Å². The van der Waals surface area contributed by atoms with E-state index in [1.54, 1.807) is 30.3 Å². The van der Waals surface area contributed by atoms with Gasteiger partial charge in [0.2, 0.25) is 0 Å². The summed E-state index contributed by atoms with van der Waals surface area (Å²) < 4.78 is 6.50. The fourth-order valence-electron chi connectivity index (χ4n) is 1.95. The number of carbonyl (C=O) groups is 1. The third-order valence-electron chi connectivity index (χ3n) is 3.01. The van der Waals surface area contributed by atoms with E-state index in [1.165, 1.54) is 0 Å². The predicted molar refractivity (Wildman–Crippen MR) is 89.3 cm³/mol. The lowest BCUT2D eigenvalue weighted by atomic mass is 9.86.